The molecule has 1 aromatic heterocycles. The van der Waals surface area contributed by atoms with Gasteiger partial charge in [-0.15, -0.1) is 0 Å². The average Bonchev–Trinajstić information content (AvgIpc) is 2.92. The number of carboxylic acids is 1. The van der Waals surface area contributed by atoms with E-state index in [2.05, 4.69) is 4.72 Å². The number of sulfonamides is 1. The predicted octanol–water partition coefficient (Wildman–Crippen LogP) is 2.16. The fraction of sp³-hybridized carbons (Fsp3) is 0.154. The summed E-state index contributed by atoms with van der Waals surface area (Å²) < 4.78 is 45.0. The molecule has 112 valence electrons. The molecule has 0 radical (unpaired) electrons. The summed E-state index contributed by atoms with van der Waals surface area (Å²) in [7, 11) is -4.00. The molecule has 0 aliphatic heterocycles. The summed E-state index contributed by atoms with van der Waals surface area (Å²) in [6.07, 6.45) is 1.40. The Kier molecular flexibility index (Phi) is 4.10. The van der Waals surface area contributed by atoms with Crippen molar-refractivity contribution in [1.29, 1.82) is 0 Å². The summed E-state index contributed by atoms with van der Waals surface area (Å²) in [5.41, 5.74) is -0.705. The standard InChI is InChI=1S/C13H12FNO5S/c1-8(12-3-2-6-20-12)15-21(18,19)9-4-5-11(14)10(7-9)13(16)17/h2-8,15H,1H3,(H,16,17). The highest BCUT2D eigenvalue weighted by molar-refractivity contribution is 7.89. The Hall–Kier alpha value is -2.19. The number of carbonyl (C=O) groups is 1. The molecule has 2 aromatic rings. The second kappa shape index (κ2) is 5.66. The minimum Gasteiger partial charge on any atom is -0.478 e. The minimum atomic E-state index is -4.00. The molecule has 0 saturated heterocycles. The predicted molar refractivity (Wildman–Crippen MR) is 70.8 cm³/mol. The zero-order chi connectivity index (χ0) is 15.6. The van der Waals surface area contributed by atoms with Gasteiger partial charge in [-0.2, -0.15) is 0 Å². The number of carboxylic acid groups (broad SMARTS) is 1. The minimum absolute atomic E-state index is 0.334. The van der Waals surface area contributed by atoms with Crippen LogP contribution in [0.5, 0.6) is 0 Å². The molecule has 21 heavy (non-hydrogen) atoms. The van der Waals surface area contributed by atoms with Crippen LogP contribution >= 0.6 is 0 Å². The van der Waals surface area contributed by atoms with Crippen LogP contribution in [0.4, 0.5) is 4.39 Å². The average molecular weight is 313 g/mol. The molecule has 2 rings (SSSR count). The largest absolute Gasteiger partial charge is 0.478 e. The molecule has 8 heteroatoms. The van der Waals surface area contributed by atoms with E-state index in [1.54, 1.807) is 19.1 Å². The van der Waals surface area contributed by atoms with Crippen molar-refractivity contribution in [3.05, 3.63) is 53.7 Å². The first kappa shape index (κ1) is 15.2. The Bertz CT molecular complexity index is 755. The lowest BCUT2D eigenvalue weighted by atomic mass is 10.2. The van der Waals surface area contributed by atoms with Crippen LogP contribution in [0.2, 0.25) is 0 Å². The fourth-order valence-electron chi connectivity index (χ4n) is 1.73. The zero-order valence-corrected chi connectivity index (χ0v) is 11.7. The van der Waals surface area contributed by atoms with Crippen LogP contribution in [0.3, 0.4) is 0 Å². The molecule has 0 saturated carbocycles. The number of aromatic carboxylic acids is 1. The molecule has 6 nitrogen and oxygen atoms in total. The number of hydrogen-bond donors (Lipinski definition) is 2. The molecule has 2 N–H and O–H groups in total. The molecular weight excluding hydrogens is 301 g/mol. The van der Waals surface area contributed by atoms with E-state index < -0.39 is 33.4 Å². The van der Waals surface area contributed by atoms with Gasteiger partial charge < -0.3 is 9.52 Å². The molecule has 0 amide bonds. The van der Waals surface area contributed by atoms with E-state index in [9.17, 15) is 17.6 Å². The molecule has 1 aromatic carbocycles. The van der Waals surface area contributed by atoms with Crippen molar-refractivity contribution in [2.24, 2.45) is 0 Å². The molecule has 1 unspecified atom stereocenters. The van der Waals surface area contributed by atoms with Crippen LogP contribution in [-0.2, 0) is 10.0 Å². The number of benzene rings is 1. The van der Waals surface area contributed by atoms with Gasteiger partial charge in [-0.1, -0.05) is 0 Å². The van der Waals surface area contributed by atoms with Crippen molar-refractivity contribution in [3.8, 4) is 0 Å². The van der Waals surface area contributed by atoms with Crippen molar-refractivity contribution >= 4 is 16.0 Å². The third kappa shape index (κ3) is 3.29. The number of hydrogen-bond acceptors (Lipinski definition) is 4. The van der Waals surface area contributed by atoms with Gasteiger partial charge in [0.25, 0.3) is 0 Å². The smallest absolute Gasteiger partial charge is 0.338 e. The fourth-order valence-corrected chi connectivity index (χ4v) is 2.97. The van der Waals surface area contributed by atoms with E-state index in [-0.39, 0.29) is 4.90 Å². The van der Waals surface area contributed by atoms with E-state index >= 15 is 0 Å². The number of rotatable bonds is 5. The summed E-state index contributed by atoms with van der Waals surface area (Å²) in [4.78, 5) is 10.5. The molecule has 0 fully saturated rings. The second-order valence-electron chi connectivity index (χ2n) is 4.31. The van der Waals surface area contributed by atoms with E-state index in [1.165, 1.54) is 6.26 Å². The van der Waals surface area contributed by atoms with Crippen LogP contribution in [0.15, 0.2) is 45.9 Å². The zero-order valence-electron chi connectivity index (χ0n) is 10.9. The SMILES string of the molecule is CC(NS(=O)(=O)c1ccc(F)c(C(=O)O)c1)c1ccco1. The van der Waals surface area contributed by atoms with Crippen LogP contribution in [-0.4, -0.2) is 19.5 Å². The topological polar surface area (TPSA) is 96.6 Å². The quantitative estimate of drug-likeness (QED) is 0.881. The first-order valence-corrected chi connectivity index (χ1v) is 7.38. The van der Waals surface area contributed by atoms with Crippen molar-refractivity contribution in [2.75, 3.05) is 0 Å². The molecule has 1 atom stereocenters. The Morgan fingerprint density at radius 3 is 2.67 bits per heavy atom. The van der Waals surface area contributed by atoms with Crippen LogP contribution < -0.4 is 4.72 Å². The Balaban J connectivity index is 2.32. The van der Waals surface area contributed by atoms with Crippen molar-refractivity contribution in [3.63, 3.8) is 0 Å². The maximum atomic E-state index is 13.3. The highest BCUT2D eigenvalue weighted by atomic mass is 32.2. The summed E-state index contributed by atoms with van der Waals surface area (Å²) in [5.74, 6) is -2.14. The molecule has 1 heterocycles. The molecule has 0 bridgehead atoms. The lowest BCUT2D eigenvalue weighted by Crippen LogP contribution is -2.27. The highest BCUT2D eigenvalue weighted by Gasteiger charge is 2.22. The van der Waals surface area contributed by atoms with Crippen LogP contribution in [0.1, 0.15) is 29.1 Å². The van der Waals surface area contributed by atoms with Crippen molar-refractivity contribution in [2.45, 2.75) is 17.9 Å². The second-order valence-corrected chi connectivity index (χ2v) is 6.02. The van der Waals surface area contributed by atoms with E-state index in [0.717, 1.165) is 18.2 Å². The van der Waals surface area contributed by atoms with Crippen LogP contribution in [0.25, 0.3) is 0 Å². The highest BCUT2D eigenvalue weighted by Crippen LogP contribution is 2.19. The van der Waals surface area contributed by atoms with Gasteiger partial charge in [-0.3, -0.25) is 0 Å². The summed E-state index contributed by atoms with van der Waals surface area (Å²) in [5, 5.41) is 8.82. The molecule has 0 spiro atoms. The van der Waals surface area contributed by atoms with Gasteiger partial charge in [0.1, 0.15) is 11.6 Å². The maximum Gasteiger partial charge on any atom is 0.338 e. The first-order valence-electron chi connectivity index (χ1n) is 5.90. The molecule has 0 aliphatic carbocycles. The van der Waals surface area contributed by atoms with Gasteiger partial charge in [0.05, 0.1) is 22.8 Å². The van der Waals surface area contributed by atoms with Crippen molar-refractivity contribution in [1.82, 2.24) is 4.72 Å². The Labute approximate surface area is 120 Å². The lowest BCUT2D eigenvalue weighted by molar-refractivity contribution is 0.0691. The van der Waals surface area contributed by atoms with E-state index in [1.807, 2.05) is 0 Å². The summed E-state index contributed by atoms with van der Waals surface area (Å²) in [6.45, 7) is 1.57. The van der Waals surface area contributed by atoms with Crippen LogP contribution in [0, 0.1) is 5.82 Å². The number of nitrogens with one attached hydrogen (secondary N) is 1. The monoisotopic (exact) mass is 313 g/mol. The third-order valence-electron chi connectivity index (χ3n) is 2.78. The normalized spacial score (nSPS) is 13.0. The van der Waals surface area contributed by atoms with E-state index in [0.29, 0.717) is 5.76 Å². The number of furan rings is 1. The number of halogens is 1. The maximum absolute atomic E-state index is 13.3. The first-order chi connectivity index (χ1) is 9.81. The summed E-state index contributed by atoms with van der Waals surface area (Å²) in [6, 6.07) is 5.13. The van der Waals surface area contributed by atoms with Gasteiger partial charge in [-0.25, -0.2) is 22.3 Å². The summed E-state index contributed by atoms with van der Waals surface area (Å²) >= 11 is 0. The third-order valence-corrected chi connectivity index (χ3v) is 4.32. The van der Waals surface area contributed by atoms with E-state index in [4.69, 9.17) is 9.52 Å². The Morgan fingerprint density at radius 2 is 2.10 bits per heavy atom. The van der Waals surface area contributed by atoms with Crippen molar-refractivity contribution < 1.29 is 27.1 Å². The van der Waals surface area contributed by atoms with Gasteiger partial charge >= 0.3 is 5.97 Å². The molecule has 0 aliphatic rings. The van der Waals surface area contributed by atoms with Gasteiger partial charge in [-0.05, 0) is 37.3 Å². The van der Waals surface area contributed by atoms with Gasteiger partial charge in [0, 0.05) is 0 Å². The van der Waals surface area contributed by atoms with Gasteiger partial charge in [0.15, 0.2) is 0 Å². The lowest BCUT2D eigenvalue weighted by Gasteiger charge is -2.12. The molecular formula is C13H12FNO5S. The Morgan fingerprint density at radius 1 is 1.38 bits per heavy atom. The van der Waals surface area contributed by atoms with Gasteiger partial charge in [0.2, 0.25) is 10.0 Å².